The van der Waals surface area contributed by atoms with Gasteiger partial charge in [0, 0.05) is 7.05 Å². The number of carbonyl (C=O) groups excluding carboxylic acids is 1. The van der Waals surface area contributed by atoms with E-state index in [-0.39, 0.29) is 12.2 Å². The molecule has 0 aliphatic heterocycles. The zero-order valence-corrected chi connectivity index (χ0v) is 9.05. The fourth-order valence-corrected chi connectivity index (χ4v) is 1.24. The van der Waals surface area contributed by atoms with Gasteiger partial charge >= 0.3 is 12.1 Å². The Bertz CT molecular complexity index is 375. The predicted molar refractivity (Wildman–Crippen MR) is 46.6 cm³/mol. The average molecular weight is 287 g/mol. The molecule has 0 aliphatic rings. The van der Waals surface area contributed by atoms with Crippen LogP contribution in [-0.2, 0) is 18.4 Å². The Morgan fingerprint density at radius 1 is 1.53 bits per heavy atom. The van der Waals surface area contributed by atoms with Gasteiger partial charge < -0.3 is 5.32 Å². The highest BCUT2D eigenvalue weighted by atomic mass is 79.9. The minimum absolute atomic E-state index is 0.232. The van der Waals surface area contributed by atoms with Crippen molar-refractivity contribution in [1.29, 1.82) is 0 Å². The number of aromatic nitrogens is 3. The third-order valence-electron chi connectivity index (χ3n) is 1.41. The second-order valence-electron chi connectivity index (χ2n) is 2.61. The highest BCUT2D eigenvalue weighted by Crippen LogP contribution is 2.15. The van der Waals surface area contributed by atoms with E-state index in [2.05, 4.69) is 26.1 Å². The number of aryl methyl sites for hydroxylation is 1. The molecule has 9 heteroatoms. The van der Waals surface area contributed by atoms with E-state index in [9.17, 15) is 18.0 Å². The van der Waals surface area contributed by atoms with Gasteiger partial charge in [0.15, 0.2) is 4.60 Å². The molecule has 0 radical (unpaired) electrons. The van der Waals surface area contributed by atoms with E-state index in [1.807, 2.05) is 0 Å². The molecule has 0 saturated carbocycles. The van der Waals surface area contributed by atoms with Crippen LogP contribution < -0.4 is 5.32 Å². The van der Waals surface area contributed by atoms with Crippen LogP contribution in [0, 0.1) is 0 Å². The molecule has 1 amide bonds. The molecule has 84 valence electrons. The summed E-state index contributed by atoms with van der Waals surface area (Å²) < 4.78 is 35.7. The molecule has 1 aromatic rings. The molecule has 0 aliphatic carbocycles. The molecule has 0 aromatic carbocycles. The van der Waals surface area contributed by atoms with Gasteiger partial charge in [0.05, 0.1) is 6.54 Å². The monoisotopic (exact) mass is 286 g/mol. The van der Waals surface area contributed by atoms with Crippen LogP contribution in [0.4, 0.5) is 13.2 Å². The van der Waals surface area contributed by atoms with Crippen LogP contribution in [0.1, 0.15) is 5.69 Å². The maximum Gasteiger partial charge on any atom is 0.471 e. The summed E-state index contributed by atoms with van der Waals surface area (Å²) in [5.41, 5.74) is 0.232. The molecular formula is C6H6BrF3N4O. The lowest BCUT2D eigenvalue weighted by atomic mass is 10.4. The summed E-state index contributed by atoms with van der Waals surface area (Å²) in [6, 6.07) is 0. The SMILES string of the molecule is Cn1nc(Br)c(CNC(=O)C(F)(F)F)n1. The van der Waals surface area contributed by atoms with Crippen molar-refractivity contribution in [2.24, 2.45) is 7.05 Å². The average Bonchev–Trinajstić information content (AvgIpc) is 2.39. The van der Waals surface area contributed by atoms with Gasteiger partial charge in [0.1, 0.15) is 5.69 Å². The third-order valence-corrected chi connectivity index (χ3v) is 2.03. The van der Waals surface area contributed by atoms with Gasteiger partial charge in [-0.2, -0.15) is 23.1 Å². The Kier molecular flexibility index (Phi) is 3.32. The molecule has 1 rings (SSSR count). The minimum atomic E-state index is -4.88. The Labute approximate surface area is 90.8 Å². The Hall–Kier alpha value is -1.12. The zero-order chi connectivity index (χ0) is 11.6. The Morgan fingerprint density at radius 3 is 2.53 bits per heavy atom. The van der Waals surface area contributed by atoms with Crippen molar-refractivity contribution in [3.8, 4) is 0 Å². The van der Waals surface area contributed by atoms with Crippen molar-refractivity contribution in [1.82, 2.24) is 20.3 Å². The number of rotatable bonds is 2. The van der Waals surface area contributed by atoms with Crippen LogP contribution in [0.5, 0.6) is 0 Å². The third kappa shape index (κ3) is 3.18. The van der Waals surface area contributed by atoms with Gasteiger partial charge in [-0.3, -0.25) is 4.79 Å². The van der Waals surface area contributed by atoms with Gasteiger partial charge in [-0.25, -0.2) is 0 Å². The van der Waals surface area contributed by atoms with Crippen molar-refractivity contribution < 1.29 is 18.0 Å². The number of nitrogens with one attached hydrogen (secondary N) is 1. The van der Waals surface area contributed by atoms with E-state index < -0.39 is 12.1 Å². The normalized spacial score (nSPS) is 11.5. The summed E-state index contributed by atoms with van der Waals surface area (Å²) in [4.78, 5) is 11.6. The molecule has 1 N–H and O–H groups in total. The lowest BCUT2D eigenvalue weighted by molar-refractivity contribution is -0.173. The molecule has 5 nitrogen and oxygen atoms in total. The molecule has 0 bridgehead atoms. The molecule has 0 spiro atoms. The second kappa shape index (κ2) is 4.17. The van der Waals surface area contributed by atoms with E-state index in [0.717, 1.165) is 0 Å². The number of alkyl halides is 3. The molecule has 0 fully saturated rings. The van der Waals surface area contributed by atoms with Crippen molar-refractivity contribution >= 4 is 21.8 Å². The first kappa shape index (κ1) is 12.0. The number of carbonyl (C=O) groups is 1. The predicted octanol–water partition coefficient (Wildman–Crippen LogP) is 0.756. The van der Waals surface area contributed by atoms with E-state index in [4.69, 9.17) is 0 Å². The summed E-state index contributed by atoms with van der Waals surface area (Å²) >= 11 is 2.99. The second-order valence-corrected chi connectivity index (χ2v) is 3.36. The highest BCUT2D eigenvalue weighted by molar-refractivity contribution is 9.10. The number of hydrogen-bond acceptors (Lipinski definition) is 3. The van der Waals surface area contributed by atoms with Crippen LogP contribution in [0.2, 0.25) is 0 Å². The molecule has 0 unspecified atom stereocenters. The number of hydrogen-bond donors (Lipinski definition) is 1. The Morgan fingerprint density at radius 2 is 2.13 bits per heavy atom. The Balaban J connectivity index is 2.58. The molecule has 1 heterocycles. The summed E-state index contributed by atoms with van der Waals surface area (Å²) in [5.74, 6) is -2.00. The molecular weight excluding hydrogens is 281 g/mol. The summed E-state index contributed by atoms with van der Waals surface area (Å²) in [6.07, 6.45) is -4.88. The first-order valence-electron chi connectivity index (χ1n) is 3.71. The van der Waals surface area contributed by atoms with Crippen LogP contribution in [-0.4, -0.2) is 27.1 Å². The standard InChI is InChI=1S/C6H6BrF3N4O/c1-14-12-3(4(7)13-14)2-11-5(15)6(8,9)10/h2H2,1H3,(H,11,15). The number of amides is 1. The number of halogens is 4. The summed E-state index contributed by atoms with van der Waals surface area (Å²) in [5, 5.41) is 9.16. The quantitative estimate of drug-likeness (QED) is 0.873. The van der Waals surface area contributed by atoms with E-state index in [1.54, 1.807) is 5.32 Å². The van der Waals surface area contributed by atoms with Crippen molar-refractivity contribution in [2.45, 2.75) is 12.7 Å². The molecule has 15 heavy (non-hydrogen) atoms. The number of nitrogens with zero attached hydrogens (tertiary/aromatic N) is 3. The fraction of sp³-hybridized carbons (Fsp3) is 0.500. The lowest BCUT2D eigenvalue weighted by Crippen LogP contribution is -2.36. The van der Waals surface area contributed by atoms with Crippen LogP contribution in [0.15, 0.2) is 4.60 Å². The maximum absolute atomic E-state index is 11.8. The largest absolute Gasteiger partial charge is 0.471 e. The fourth-order valence-electron chi connectivity index (χ4n) is 0.796. The lowest BCUT2D eigenvalue weighted by Gasteiger charge is -2.05. The summed E-state index contributed by atoms with van der Waals surface area (Å²) in [6.45, 7) is -0.327. The van der Waals surface area contributed by atoms with E-state index in [0.29, 0.717) is 4.60 Å². The van der Waals surface area contributed by atoms with Crippen molar-refractivity contribution in [3.05, 3.63) is 10.3 Å². The van der Waals surface area contributed by atoms with Gasteiger partial charge in [-0.05, 0) is 15.9 Å². The van der Waals surface area contributed by atoms with Gasteiger partial charge in [0.25, 0.3) is 0 Å². The smallest absolute Gasteiger partial charge is 0.342 e. The van der Waals surface area contributed by atoms with Crippen LogP contribution in [0.25, 0.3) is 0 Å². The molecule has 0 atom stereocenters. The first-order chi connectivity index (χ1) is 6.80. The first-order valence-corrected chi connectivity index (χ1v) is 4.50. The van der Waals surface area contributed by atoms with Gasteiger partial charge in [0.2, 0.25) is 0 Å². The molecule has 1 aromatic heterocycles. The summed E-state index contributed by atoms with van der Waals surface area (Å²) in [7, 11) is 1.51. The topological polar surface area (TPSA) is 59.8 Å². The zero-order valence-electron chi connectivity index (χ0n) is 7.47. The maximum atomic E-state index is 11.8. The van der Waals surface area contributed by atoms with E-state index in [1.165, 1.54) is 11.8 Å². The van der Waals surface area contributed by atoms with Crippen LogP contribution in [0.3, 0.4) is 0 Å². The van der Waals surface area contributed by atoms with Gasteiger partial charge in [-0.15, -0.1) is 5.10 Å². The van der Waals surface area contributed by atoms with Crippen molar-refractivity contribution in [3.63, 3.8) is 0 Å². The van der Waals surface area contributed by atoms with Crippen LogP contribution >= 0.6 is 15.9 Å². The minimum Gasteiger partial charge on any atom is -0.342 e. The van der Waals surface area contributed by atoms with E-state index >= 15 is 0 Å². The highest BCUT2D eigenvalue weighted by Gasteiger charge is 2.38. The van der Waals surface area contributed by atoms with Crippen molar-refractivity contribution in [2.75, 3.05) is 0 Å². The molecule has 0 saturated heterocycles. The van der Waals surface area contributed by atoms with Gasteiger partial charge in [-0.1, -0.05) is 0 Å².